The van der Waals surface area contributed by atoms with Crippen molar-refractivity contribution in [2.45, 2.75) is 20.3 Å². The molecule has 0 saturated carbocycles. The fourth-order valence-corrected chi connectivity index (χ4v) is 4.22. The largest absolute Gasteiger partial charge is 0.346 e. The van der Waals surface area contributed by atoms with Gasteiger partial charge in [-0.25, -0.2) is 14.6 Å². The molecule has 1 aliphatic heterocycles. The summed E-state index contributed by atoms with van der Waals surface area (Å²) in [7, 11) is 0. The van der Waals surface area contributed by atoms with Gasteiger partial charge in [-0.1, -0.05) is 12.1 Å². The minimum atomic E-state index is 0.0365. The number of carbonyl (C=O) groups is 1. The van der Waals surface area contributed by atoms with E-state index in [-0.39, 0.29) is 5.91 Å². The van der Waals surface area contributed by atoms with Crippen molar-refractivity contribution < 1.29 is 4.79 Å². The van der Waals surface area contributed by atoms with Crippen LogP contribution in [0.1, 0.15) is 27.3 Å². The lowest BCUT2D eigenvalue weighted by atomic mass is 10.1. The van der Waals surface area contributed by atoms with Crippen LogP contribution in [-0.2, 0) is 0 Å². The molecule has 1 fully saturated rings. The Hall–Kier alpha value is -2.74. The highest BCUT2D eigenvalue weighted by Crippen LogP contribution is 2.26. The minimum absolute atomic E-state index is 0.0365. The van der Waals surface area contributed by atoms with E-state index < -0.39 is 0 Å². The molecule has 2 aromatic heterocycles. The van der Waals surface area contributed by atoms with Crippen LogP contribution in [0, 0.1) is 13.8 Å². The molecular weight excluding hydrogens is 360 g/mol. The Bertz CT molecular complexity index is 916. The molecule has 1 aliphatic rings. The Morgan fingerprint density at radius 3 is 2.70 bits per heavy atom. The smallest absolute Gasteiger partial charge is 0.256 e. The summed E-state index contributed by atoms with van der Waals surface area (Å²) in [5.41, 5.74) is 2.50. The van der Waals surface area contributed by atoms with Crippen molar-refractivity contribution >= 4 is 22.4 Å². The monoisotopic (exact) mass is 382 g/mol. The van der Waals surface area contributed by atoms with Gasteiger partial charge in [0.2, 0.25) is 0 Å². The first-order chi connectivity index (χ1) is 13.1. The number of hydrogen-bond acceptors (Lipinski definition) is 6. The number of anilines is 1. The lowest BCUT2D eigenvalue weighted by Crippen LogP contribution is -2.35. The molecule has 1 saturated heterocycles. The standard InChI is InChI=1S/C19H22N6OS/c1-14-15(2)27-19(22-14)24-9-5-8-23(10-11-24)18(26)16-6-3-4-7-17(16)25-13-20-12-21-25/h3-4,6-7,12-13H,5,8-11H2,1-2H3. The molecule has 1 aromatic carbocycles. The van der Waals surface area contributed by atoms with E-state index in [4.69, 9.17) is 0 Å². The molecule has 140 valence electrons. The van der Waals surface area contributed by atoms with Gasteiger partial charge in [-0.05, 0) is 32.4 Å². The van der Waals surface area contributed by atoms with Crippen LogP contribution in [0.25, 0.3) is 5.69 Å². The van der Waals surface area contributed by atoms with Gasteiger partial charge < -0.3 is 9.80 Å². The molecule has 1 amide bonds. The van der Waals surface area contributed by atoms with Crippen LogP contribution in [-0.4, -0.2) is 56.7 Å². The van der Waals surface area contributed by atoms with Crippen molar-refractivity contribution in [2.75, 3.05) is 31.1 Å². The summed E-state index contributed by atoms with van der Waals surface area (Å²) in [5, 5.41) is 5.23. The van der Waals surface area contributed by atoms with Gasteiger partial charge in [-0.15, -0.1) is 11.3 Å². The number of nitrogens with zero attached hydrogens (tertiary/aromatic N) is 6. The Balaban J connectivity index is 1.52. The Labute approximate surface area is 162 Å². The number of rotatable bonds is 3. The van der Waals surface area contributed by atoms with Crippen LogP contribution in [0.5, 0.6) is 0 Å². The number of benzene rings is 1. The third-order valence-corrected chi connectivity index (χ3v) is 6.00. The van der Waals surface area contributed by atoms with Crippen molar-refractivity contribution in [3.05, 3.63) is 53.1 Å². The maximum absolute atomic E-state index is 13.2. The lowest BCUT2D eigenvalue weighted by molar-refractivity contribution is 0.0767. The third-order valence-electron chi connectivity index (χ3n) is 4.87. The molecule has 0 atom stereocenters. The quantitative estimate of drug-likeness (QED) is 0.697. The maximum atomic E-state index is 13.2. The molecule has 0 spiro atoms. The summed E-state index contributed by atoms with van der Waals surface area (Å²) < 4.78 is 1.64. The molecule has 3 aromatic rings. The third kappa shape index (κ3) is 3.57. The van der Waals surface area contributed by atoms with Crippen LogP contribution < -0.4 is 4.90 Å². The molecular formula is C19H22N6OS. The molecule has 27 heavy (non-hydrogen) atoms. The van der Waals surface area contributed by atoms with Gasteiger partial charge >= 0.3 is 0 Å². The highest BCUT2D eigenvalue weighted by molar-refractivity contribution is 7.15. The van der Waals surface area contributed by atoms with Gasteiger partial charge in [0.15, 0.2) is 5.13 Å². The van der Waals surface area contributed by atoms with E-state index in [0.717, 1.165) is 42.6 Å². The number of thiazole rings is 1. The predicted octanol–water partition coefficient (Wildman–Crippen LogP) is 2.69. The second-order valence-corrected chi connectivity index (χ2v) is 7.81. The number of aryl methyl sites for hydroxylation is 2. The van der Waals surface area contributed by atoms with Crippen LogP contribution >= 0.6 is 11.3 Å². The maximum Gasteiger partial charge on any atom is 0.256 e. The first-order valence-corrected chi connectivity index (χ1v) is 9.87. The van der Waals surface area contributed by atoms with Gasteiger partial charge in [0.1, 0.15) is 12.7 Å². The van der Waals surface area contributed by atoms with E-state index in [1.54, 1.807) is 22.3 Å². The zero-order chi connectivity index (χ0) is 18.8. The molecule has 8 heteroatoms. The average molecular weight is 382 g/mol. The summed E-state index contributed by atoms with van der Waals surface area (Å²) in [6.07, 6.45) is 4.02. The van der Waals surface area contributed by atoms with Gasteiger partial charge in [-0.2, -0.15) is 5.10 Å². The molecule has 0 aliphatic carbocycles. The SMILES string of the molecule is Cc1nc(N2CCCN(C(=O)c3ccccc3-n3cncn3)CC2)sc1C. The Morgan fingerprint density at radius 1 is 1.11 bits per heavy atom. The van der Waals surface area contributed by atoms with Gasteiger partial charge in [0.05, 0.1) is 16.9 Å². The lowest BCUT2D eigenvalue weighted by Gasteiger charge is -2.22. The molecule has 7 nitrogen and oxygen atoms in total. The van der Waals surface area contributed by atoms with Gasteiger partial charge in [-0.3, -0.25) is 4.79 Å². The fourth-order valence-electron chi connectivity index (χ4n) is 3.26. The average Bonchev–Trinajstić information content (AvgIpc) is 3.25. The van der Waals surface area contributed by atoms with Crippen molar-refractivity contribution in [2.24, 2.45) is 0 Å². The van der Waals surface area contributed by atoms with Crippen molar-refractivity contribution in [1.29, 1.82) is 0 Å². The van der Waals surface area contributed by atoms with E-state index in [1.165, 1.54) is 11.2 Å². The molecule has 4 rings (SSSR count). The van der Waals surface area contributed by atoms with E-state index >= 15 is 0 Å². The summed E-state index contributed by atoms with van der Waals surface area (Å²) in [5.74, 6) is 0.0365. The summed E-state index contributed by atoms with van der Waals surface area (Å²) in [6, 6.07) is 7.55. The van der Waals surface area contributed by atoms with Crippen molar-refractivity contribution in [3.63, 3.8) is 0 Å². The highest BCUT2D eigenvalue weighted by atomic mass is 32.1. The molecule has 0 bridgehead atoms. The van der Waals surface area contributed by atoms with Crippen molar-refractivity contribution in [1.82, 2.24) is 24.6 Å². The van der Waals surface area contributed by atoms with Gasteiger partial charge in [0.25, 0.3) is 5.91 Å². The molecule has 0 radical (unpaired) electrons. The van der Waals surface area contributed by atoms with Gasteiger partial charge in [0, 0.05) is 31.1 Å². The summed E-state index contributed by atoms with van der Waals surface area (Å²) in [4.78, 5) is 27.4. The van der Waals surface area contributed by atoms with E-state index in [0.29, 0.717) is 12.1 Å². The second-order valence-electron chi connectivity index (χ2n) is 6.63. The first-order valence-electron chi connectivity index (χ1n) is 9.06. The number of amides is 1. The topological polar surface area (TPSA) is 67.2 Å². The van der Waals surface area contributed by atoms with Crippen LogP contribution in [0.2, 0.25) is 0 Å². The minimum Gasteiger partial charge on any atom is -0.346 e. The van der Waals surface area contributed by atoms with Crippen LogP contribution in [0.3, 0.4) is 0 Å². The fraction of sp³-hybridized carbons (Fsp3) is 0.368. The molecule has 3 heterocycles. The molecule has 0 N–H and O–H groups in total. The zero-order valence-corrected chi connectivity index (χ0v) is 16.3. The highest BCUT2D eigenvalue weighted by Gasteiger charge is 2.24. The Kier molecular flexibility index (Phi) is 4.89. The number of para-hydroxylation sites is 1. The number of aromatic nitrogens is 4. The predicted molar refractivity (Wildman–Crippen MR) is 106 cm³/mol. The number of hydrogen-bond donors (Lipinski definition) is 0. The second kappa shape index (κ2) is 7.48. The summed E-state index contributed by atoms with van der Waals surface area (Å²) >= 11 is 1.73. The molecule has 0 unspecified atom stereocenters. The van der Waals surface area contributed by atoms with E-state index in [2.05, 4.69) is 26.9 Å². The van der Waals surface area contributed by atoms with Crippen LogP contribution in [0.4, 0.5) is 5.13 Å². The number of carbonyl (C=O) groups excluding carboxylic acids is 1. The van der Waals surface area contributed by atoms with Crippen molar-refractivity contribution in [3.8, 4) is 5.69 Å². The summed E-state index contributed by atoms with van der Waals surface area (Å²) in [6.45, 7) is 7.28. The Morgan fingerprint density at radius 2 is 1.96 bits per heavy atom. The zero-order valence-electron chi connectivity index (χ0n) is 15.5. The normalized spacial score (nSPS) is 15.0. The van der Waals surface area contributed by atoms with E-state index in [1.807, 2.05) is 36.1 Å². The van der Waals surface area contributed by atoms with Crippen LogP contribution in [0.15, 0.2) is 36.9 Å². The first kappa shape index (κ1) is 17.7. The van der Waals surface area contributed by atoms with E-state index in [9.17, 15) is 4.79 Å².